The molecule has 3 heteroatoms. The first-order valence-corrected chi connectivity index (χ1v) is 8.69. The van der Waals surface area contributed by atoms with Crippen molar-refractivity contribution in [3.63, 3.8) is 0 Å². The van der Waals surface area contributed by atoms with Crippen LogP contribution in [0.25, 0.3) is 10.2 Å². The van der Waals surface area contributed by atoms with Crippen molar-refractivity contribution in [2.45, 2.75) is 58.0 Å². The number of thiazole rings is 1. The molecule has 0 amide bonds. The van der Waals surface area contributed by atoms with Crippen molar-refractivity contribution < 1.29 is 0 Å². The smallest absolute Gasteiger partial charge is 0.111 e. The summed E-state index contributed by atoms with van der Waals surface area (Å²) in [7, 11) is 0. The molecule has 108 valence electrons. The van der Waals surface area contributed by atoms with Gasteiger partial charge in [0.1, 0.15) is 5.01 Å². The molecule has 0 aliphatic heterocycles. The third-order valence-electron chi connectivity index (χ3n) is 4.59. The van der Waals surface area contributed by atoms with Gasteiger partial charge in [-0.25, -0.2) is 4.98 Å². The molecule has 0 radical (unpaired) electrons. The molecule has 1 N–H and O–H groups in total. The van der Waals surface area contributed by atoms with Crippen LogP contribution in [-0.2, 0) is 0 Å². The van der Waals surface area contributed by atoms with Crippen LogP contribution in [0.4, 0.5) is 0 Å². The molecule has 1 saturated carbocycles. The standard InChI is InChI=1S/C17H24N2S/c1-3-13-8-10-14(11-9-13)18-12(2)17-19-15-6-4-5-7-16(15)20-17/h4-7,12-14,18H,3,8-11H2,1-2H3. The Hall–Kier alpha value is -0.930. The zero-order valence-corrected chi connectivity index (χ0v) is 13.2. The van der Waals surface area contributed by atoms with Crippen LogP contribution in [-0.4, -0.2) is 11.0 Å². The molecule has 3 rings (SSSR count). The molecule has 2 nitrogen and oxygen atoms in total. The third kappa shape index (κ3) is 3.04. The minimum Gasteiger partial charge on any atom is -0.305 e. The Morgan fingerprint density at radius 1 is 1.25 bits per heavy atom. The Kier molecular flexibility index (Phi) is 4.37. The number of fused-ring (bicyclic) bond motifs is 1. The fourth-order valence-corrected chi connectivity index (χ4v) is 4.22. The lowest BCUT2D eigenvalue weighted by Crippen LogP contribution is -2.34. The van der Waals surface area contributed by atoms with Gasteiger partial charge in [-0.2, -0.15) is 0 Å². The molecule has 0 saturated heterocycles. The van der Waals surface area contributed by atoms with E-state index in [1.807, 2.05) is 11.3 Å². The second kappa shape index (κ2) is 6.23. The summed E-state index contributed by atoms with van der Waals surface area (Å²) in [5, 5.41) is 5.01. The van der Waals surface area contributed by atoms with Gasteiger partial charge in [-0.1, -0.05) is 25.5 Å². The van der Waals surface area contributed by atoms with E-state index in [0.29, 0.717) is 12.1 Å². The van der Waals surface area contributed by atoms with Crippen molar-refractivity contribution in [1.29, 1.82) is 0 Å². The van der Waals surface area contributed by atoms with Gasteiger partial charge in [0.05, 0.1) is 16.3 Å². The molecule has 0 bridgehead atoms. The van der Waals surface area contributed by atoms with Crippen LogP contribution in [0.2, 0.25) is 0 Å². The number of hydrogen-bond donors (Lipinski definition) is 1. The van der Waals surface area contributed by atoms with Crippen molar-refractivity contribution >= 4 is 21.6 Å². The highest BCUT2D eigenvalue weighted by molar-refractivity contribution is 7.18. The average Bonchev–Trinajstić information content (AvgIpc) is 2.92. The predicted octanol–water partition coefficient (Wildman–Crippen LogP) is 4.92. The Labute approximate surface area is 125 Å². The minimum absolute atomic E-state index is 0.371. The van der Waals surface area contributed by atoms with E-state index in [4.69, 9.17) is 4.98 Å². The lowest BCUT2D eigenvalue weighted by molar-refractivity contribution is 0.273. The molecule has 2 aromatic rings. The maximum Gasteiger partial charge on any atom is 0.111 e. The van der Waals surface area contributed by atoms with E-state index in [1.54, 1.807) is 0 Å². The quantitative estimate of drug-likeness (QED) is 0.864. The van der Waals surface area contributed by atoms with Gasteiger partial charge in [0, 0.05) is 6.04 Å². The fourth-order valence-electron chi connectivity index (χ4n) is 3.24. The maximum atomic E-state index is 4.77. The highest BCUT2D eigenvalue weighted by Crippen LogP contribution is 2.30. The van der Waals surface area contributed by atoms with Crippen LogP contribution in [0, 0.1) is 5.92 Å². The van der Waals surface area contributed by atoms with Crippen molar-refractivity contribution in [1.82, 2.24) is 10.3 Å². The molecule has 1 aromatic heterocycles. The molecule has 0 spiro atoms. The number of hydrogen-bond acceptors (Lipinski definition) is 3. The van der Waals surface area contributed by atoms with E-state index in [-0.39, 0.29) is 0 Å². The summed E-state index contributed by atoms with van der Waals surface area (Å²) in [4.78, 5) is 4.77. The van der Waals surface area contributed by atoms with Crippen LogP contribution in [0.5, 0.6) is 0 Å². The number of para-hydroxylation sites is 1. The second-order valence-corrected chi connectivity index (χ2v) is 7.10. The van der Waals surface area contributed by atoms with E-state index < -0.39 is 0 Å². The zero-order valence-electron chi connectivity index (χ0n) is 12.4. The maximum absolute atomic E-state index is 4.77. The van der Waals surface area contributed by atoms with Gasteiger partial charge in [-0.3, -0.25) is 0 Å². The highest BCUT2D eigenvalue weighted by atomic mass is 32.1. The topological polar surface area (TPSA) is 24.9 Å². The number of benzene rings is 1. The first kappa shape index (κ1) is 14.0. The molecule has 1 aromatic carbocycles. The molecule has 20 heavy (non-hydrogen) atoms. The van der Waals surface area contributed by atoms with Gasteiger partial charge in [-0.05, 0) is 50.7 Å². The first-order valence-electron chi connectivity index (χ1n) is 7.87. The normalized spacial score (nSPS) is 24.9. The summed E-state index contributed by atoms with van der Waals surface area (Å²) in [5.74, 6) is 0.964. The molecular formula is C17H24N2S. The highest BCUT2D eigenvalue weighted by Gasteiger charge is 2.22. The molecule has 1 unspecified atom stereocenters. The number of nitrogens with zero attached hydrogens (tertiary/aromatic N) is 1. The van der Waals surface area contributed by atoms with Gasteiger partial charge < -0.3 is 5.32 Å². The van der Waals surface area contributed by atoms with E-state index in [2.05, 4.69) is 43.4 Å². The van der Waals surface area contributed by atoms with E-state index in [0.717, 1.165) is 11.4 Å². The van der Waals surface area contributed by atoms with E-state index in [1.165, 1.54) is 41.8 Å². The van der Waals surface area contributed by atoms with Crippen LogP contribution in [0.3, 0.4) is 0 Å². The molecule has 1 aliphatic rings. The molecule has 1 atom stereocenters. The van der Waals surface area contributed by atoms with Crippen LogP contribution < -0.4 is 5.32 Å². The summed E-state index contributed by atoms with van der Waals surface area (Å²) >= 11 is 1.83. The average molecular weight is 288 g/mol. The van der Waals surface area contributed by atoms with Crippen LogP contribution >= 0.6 is 11.3 Å². The van der Waals surface area contributed by atoms with Gasteiger partial charge >= 0.3 is 0 Å². The monoisotopic (exact) mass is 288 g/mol. The molecule has 1 heterocycles. The summed E-state index contributed by atoms with van der Waals surface area (Å²) in [6.07, 6.45) is 6.78. The summed E-state index contributed by atoms with van der Waals surface area (Å²) in [6.45, 7) is 4.58. The predicted molar refractivity (Wildman–Crippen MR) is 87.2 cm³/mol. The van der Waals surface area contributed by atoms with Gasteiger partial charge in [0.2, 0.25) is 0 Å². The van der Waals surface area contributed by atoms with Crippen LogP contribution in [0.1, 0.15) is 57.0 Å². The Balaban J connectivity index is 1.63. The second-order valence-electron chi connectivity index (χ2n) is 6.03. The fraction of sp³-hybridized carbons (Fsp3) is 0.588. The van der Waals surface area contributed by atoms with Crippen LogP contribution in [0.15, 0.2) is 24.3 Å². The van der Waals surface area contributed by atoms with Crippen molar-refractivity contribution in [2.24, 2.45) is 5.92 Å². The van der Waals surface area contributed by atoms with E-state index >= 15 is 0 Å². The molecular weight excluding hydrogens is 264 g/mol. The molecule has 1 fully saturated rings. The van der Waals surface area contributed by atoms with E-state index in [9.17, 15) is 0 Å². The van der Waals surface area contributed by atoms with Crippen molar-refractivity contribution in [3.05, 3.63) is 29.3 Å². The zero-order chi connectivity index (χ0) is 13.9. The molecule has 1 aliphatic carbocycles. The SMILES string of the molecule is CCC1CCC(NC(C)c2nc3ccccc3s2)CC1. The lowest BCUT2D eigenvalue weighted by Gasteiger charge is -2.30. The largest absolute Gasteiger partial charge is 0.305 e. The summed E-state index contributed by atoms with van der Waals surface area (Å²) in [5.41, 5.74) is 1.14. The minimum atomic E-state index is 0.371. The first-order chi connectivity index (χ1) is 9.76. The van der Waals surface area contributed by atoms with Crippen molar-refractivity contribution in [3.8, 4) is 0 Å². The Morgan fingerprint density at radius 3 is 2.70 bits per heavy atom. The Bertz CT molecular complexity index is 522. The Morgan fingerprint density at radius 2 is 2.00 bits per heavy atom. The lowest BCUT2D eigenvalue weighted by atomic mass is 9.84. The summed E-state index contributed by atoms with van der Waals surface area (Å²) < 4.78 is 1.30. The van der Waals surface area contributed by atoms with Gasteiger partial charge in [0.25, 0.3) is 0 Å². The van der Waals surface area contributed by atoms with Crippen molar-refractivity contribution in [2.75, 3.05) is 0 Å². The number of rotatable bonds is 4. The number of nitrogens with one attached hydrogen (secondary N) is 1. The van der Waals surface area contributed by atoms with Gasteiger partial charge in [-0.15, -0.1) is 11.3 Å². The van der Waals surface area contributed by atoms with Gasteiger partial charge in [0.15, 0.2) is 0 Å². The number of aromatic nitrogens is 1. The third-order valence-corrected chi connectivity index (χ3v) is 5.81. The summed E-state index contributed by atoms with van der Waals surface area (Å²) in [6, 6.07) is 9.48.